The third-order valence-corrected chi connectivity index (χ3v) is 12.6. The van der Waals surface area contributed by atoms with Crippen molar-refractivity contribution in [3.05, 3.63) is 94.8 Å². The Morgan fingerprint density at radius 2 is 1.40 bits per heavy atom. The van der Waals surface area contributed by atoms with Crippen molar-refractivity contribution in [3.8, 4) is 0 Å². The van der Waals surface area contributed by atoms with Crippen LogP contribution in [0.5, 0.6) is 0 Å². The Kier molecular flexibility index (Phi) is 13.7. The minimum absolute atomic E-state index is 0.00300. The number of hydrogen-bond acceptors (Lipinski definition) is 6. The lowest BCUT2D eigenvalue weighted by Gasteiger charge is -2.15. The molecule has 0 aliphatic heterocycles. The molecule has 0 aliphatic rings. The molecule has 0 saturated heterocycles. The summed E-state index contributed by atoms with van der Waals surface area (Å²) in [6.45, 7) is 10.1. The minimum Gasteiger partial charge on any atom is -0.351 e. The van der Waals surface area contributed by atoms with Crippen LogP contribution in [0, 0.1) is 6.92 Å². The van der Waals surface area contributed by atoms with E-state index in [1.807, 2.05) is 57.4 Å². The van der Waals surface area contributed by atoms with Gasteiger partial charge in [0.25, 0.3) is 11.8 Å². The van der Waals surface area contributed by atoms with Gasteiger partial charge in [-0.05, 0) is 93.5 Å². The van der Waals surface area contributed by atoms with Crippen LogP contribution in [0.25, 0.3) is 21.8 Å². The number of fused-ring (bicyclic) bond motifs is 2. The Balaban J connectivity index is 1.61. The molecule has 55 heavy (non-hydrogen) atoms. The normalized spacial score (nSPS) is 12.5. The van der Waals surface area contributed by atoms with Gasteiger partial charge >= 0.3 is 0 Å². The van der Waals surface area contributed by atoms with E-state index in [1.54, 1.807) is 36.4 Å². The second-order valence-electron chi connectivity index (χ2n) is 14.2. The molecule has 5 aromatic rings. The van der Waals surface area contributed by atoms with Crippen LogP contribution in [0.2, 0.25) is 0 Å². The quantitative estimate of drug-likeness (QED) is 0.0513. The van der Waals surface area contributed by atoms with Crippen molar-refractivity contribution in [2.24, 2.45) is 0 Å². The number of nitrogens with zero attached hydrogens (tertiary/aromatic N) is 1. The van der Waals surface area contributed by atoms with E-state index in [9.17, 15) is 26.4 Å². The zero-order valence-corrected chi connectivity index (χ0v) is 34.1. The molecule has 1 unspecified atom stereocenters. The lowest BCUT2D eigenvalue weighted by atomic mass is 10.1. The average Bonchev–Trinajstić information content (AvgIpc) is 3.65. The molecule has 2 amide bonds. The maximum absolute atomic E-state index is 14.2. The van der Waals surface area contributed by atoms with Gasteiger partial charge in [0.15, 0.2) is 0 Å². The number of aryl methyl sites for hydroxylation is 2. The number of nitrogens with one attached hydrogen (secondary N) is 5. The number of sulfonamides is 2. The van der Waals surface area contributed by atoms with Gasteiger partial charge in [0.1, 0.15) is 11.4 Å². The standard InChI is InChI=1S/C41H54N6O6S2/c1-6-9-23-54(50,51)45-31-18-20-36-34(26-31)35(38(44-36)40(48)43-28(4)8-3)27-47-37-21-19-32(46-55(52,53)24-10-7-2)25-33(37)29(5)39(47)41(49)42-22-14-17-30-15-12-11-13-16-30/h11-13,15-16,18-21,25-26,28,44-46H,6-10,14,17,22-24,27H2,1-5H3,(H,42,49)(H,43,48). The summed E-state index contributed by atoms with van der Waals surface area (Å²) in [6.07, 6.45) is 4.74. The largest absolute Gasteiger partial charge is 0.351 e. The molecule has 0 radical (unpaired) electrons. The molecule has 3 aromatic carbocycles. The van der Waals surface area contributed by atoms with E-state index in [0.29, 0.717) is 81.5 Å². The van der Waals surface area contributed by atoms with Crippen LogP contribution in [0.4, 0.5) is 11.4 Å². The van der Waals surface area contributed by atoms with Gasteiger partial charge in [-0.2, -0.15) is 0 Å². The number of aromatic nitrogens is 2. The summed E-state index contributed by atoms with van der Waals surface area (Å²) in [6, 6.07) is 20.3. The molecule has 0 bridgehead atoms. The summed E-state index contributed by atoms with van der Waals surface area (Å²) >= 11 is 0. The van der Waals surface area contributed by atoms with Gasteiger partial charge in [0, 0.05) is 51.3 Å². The highest BCUT2D eigenvalue weighted by atomic mass is 32.2. The maximum atomic E-state index is 14.2. The van der Waals surface area contributed by atoms with Crippen molar-refractivity contribution >= 4 is 65.0 Å². The lowest BCUT2D eigenvalue weighted by molar-refractivity contribution is 0.0931. The number of anilines is 2. The Bertz CT molecular complexity index is 2350. The van der Waals surface area contributed by atoms with Crippen LogP contribution in [0.3, 0.4) is 0 Å². The van der Waals surface area contributed by atoms with Crippen molar-refractivity contribution < 1.29 is 26.4 Å². The lowest BCUT2D eigenvalue weighted by Crippen LogP contribution is -2.33. The van der Waals surface area contributed by atoms with Crippen LogP contribution >= 0.6 is 0 Å². The summed E-state index contributed by atoms with van der Waals surface area (Å²) < 4.78 is 58.7. The van der Waals surface area contributed by atoms with Crippen LogP contribution < -0.4 is 20.1 Å². The molecule has 5 N–H and O–H groups in total. The molecule has 1 atom stereocenters. The van der Waals surface area contributed by atoms with Gasteiger partial charge in [0.2, 0.25) is 20.0 Å². The Morgan fingerprint density at radius 3 is 2.02 bits per heavy atom. The predicted molar refractivity (Wildman–Crippen MR) is 223 cm³/mol. The molecule has 14 heteroatoms. The average molecular weight is 791 g/mol. The Morgan fingerprint density at radius 1 is 0.782 bits per heavy atom. The smallest absolute Gasteiger partial charge is 0.268 e. The number of aromatic amines is 1. The van der Waals surface area contributed by atoms with Crippen molar-refractivity contribution in [3.63, 3.8) is 0 Å². The molecular weight excluding hydrogens is 737 g/mol. The Hall–Kier alpha value is -4.82. The number of H-pyrrole nitrogens is 1. The van der Waals surface area contributed by atoms with Crippen LogP contribution in [0.15, 0.2) is 66.7 Å². The molecule has 0 aliphatic carbocycles. The Labute approximate surface area is 325 Å². The first-order chi connectivity index (χ1) is 26.3. The number of amides is 2. The number of unbranched alkanes of at least 4 members (excludes halogenated alkanes) is 2. The van der Waals surface area contributed by atoms with Crippen molar-refractivity contribution in [1.82, 2.24) is 20.2 Å². The summed E-state index contributed by atoms with van der Waals surface area (Å²) in [4.78, 5) is 31.3. The molecular formula is C41H54N6O6S2. The highest BCUT2D eigenvalue weighted by molar-refractivity contribution is 7.92. The third kappa shape index (κ3) is 10.5. The van der Waals surface area contributed by atoms with E-state index < -0.39 is 20.0 Å². The summed E-state index contributed by atoms with van der Waals surface area (Å²) in [5.41, 5.74) is 5.12. The SMILES string of the molecule is CCCCS(=O)(=O)Nc1ccc2[nH]c(C(=O)NC(C)CC)c(Cn3c(C(=O)NCCCc4ccccc4)c(C)c4cc(NS(=O)(=O)CCCC)ccc43)c2c1. The molecule has 12 nitrogen and oxygen atoms in total. The molecule has 0 fully saturated rings. The minimum atomic E-state index is -3.61. The van der Waals surface area contributed by atoms with Crippen molar-refractivity contribution in [2.45, 2.75) is 92.2 Å². The molecule has 2 heterocycles. The molecule has 5 rings (SSSR count). The van der Waals surface area contributed by atoms with Crippen molar-refractivity contribution in [2.75, 3.05) is 27.5 Å². The van der Waals surface area contributed by atoms with Gasteiger partial charge in [-0.1, -0.05) is 63.9 Å². The third-order valence-electron chi connectivity index (χ3n) is 9.82. The summed E-state index contributed by atoms with van der Waals surface area (Å²) in [5, 5.41) is 7.44. The van der Waals surface area contributed by atoms with E-state index in [1.165, 1.54) is 5.56 Å². The van der Waals surface area contributed by atoms with Gasteiger partial charge in [-0.25, -0.2) is 16.8 Å². The van der Waals surface area contributed by atoms with E-state index in [0.717, 1.165) is 25.7 Å². The van der Waals surface area contributed by atoms with Gasteiger partial charge in [-0.3, -0.25) is 19.0 Å². The fourth-order valence-corrected chi connectivity index (χ4v) is 9.13. The van der Waals surface area contributed by atoms with Gasteiger partial charge in [-0.15, -0.1) is 0 Å². The number of benzene rings is 3. The number of hydrogen-bond donors (Lipinski definition) is 5. The highest BCUT2D eigenvalue weighted by Crippen LogP contribution is 2.33. The number of rotatable bonds is 20. The zero-order chi connectivity index (χ0) is 39.8. The second kappa shape index (κ2) is 18.2. The van der Waals surface area contributed by atoms with Crippen molar-refractivity contribution in [1.29, 1.82) is 0 Å². The predicted octanol–water partition coefficient (Wildman–Crippen LogP) is 7.45. The zero-order valence-electron chi connectivity index (χ0n) is 32.4. The summed E-state index contributed by atoms with van der Waals surface area (Å²) in [7, 11) is -7.19. The molecule has 296 valence electrons. The first-order valence-corrected chi connectivity index (χ1v) is 22.5. The molecule has 0 saturated carbocycles. The topological polar surface area (TPSA) is 171 Å². The van der Waals surface area contributed by atoms with Gasteiger partial charge in [0.05, 0.1) is 18.1 Å². The van der Waals surface area contributed by atoms with Crippen LogP contribution in [-0.2, 0) is 33.0 Å². The number of carbonyl (C=O) groups excluding carboxylic acids is 2. The van der Waals surface area contributed by atoms with Gasteiger partial charge < -0.3 is 20.2 Å². The molecule has 2 aromatic heterocycles. The van der Waals surface area contributed by atoms with Crippen LogP contribution in [0.1, 0.15) is 104 Å². The fraction of sp³-hybridized carbons (Fsp3) is 0.415. The first-order valence-electron chi connectivity index (χ1n) is 19.2. The number of carbonyl (C=O) groups is 2. The highest BCUT2D eigenvalue weighted by Gasteiger charge is 2.26. The maximum Gasteiger partial charge on any atom is 0.268 e. The van der Waals surface area contributed by atoms with E-state index in [4.69, 9.17) is 0 Å². The summed E-state index contributed by atoms with van der Waals surface area (Å²) in [5.74, 6) is -0.646. The van der Waals surface area contributed by atoms with E-state index >= 15 is 0 Å². The molecule has 0 spiro atoms. The first kappa shape index (κ1) is 41.3. The van der Waals surface area contributed by atoms with Crippen LogP contribution in [-0.4, -0.2) is 62.3 Å². The monoisotopic (exact) mass is 790 g/mol. The van der Waals surface area contributed by atoms with E-state index in [2.05, 4.69) is 37.2 Å². The van der Waals surface area contributed by atoms with E-state index in [-0.39, 0.29) is 35.9 Å². The second-order valence-corrected chi connectivity index (χ2v) is 17.9. The fourth-order valence-electron chi connectivity index (χ4n) is 6.62.